The highest BCUT2D eigenvalue weighted by molar-refractivity contribution is 7.89. The Morgan fingerprint density at radius 3 is 2.62 bits per heavy atom. The molecule has 2 fully saturated rings. The number of hydrogen-bond donors (Lipinski definition) is 1. The molecule has 1 N–H and O–H groups in total. The van der Waals surface area contributed by atoms with Crippen molar-refractivity contribution in [3.8, 4) is 0 Å². The van der Waals surface area contributed by atoms with Crippen molar-refractivity contribution in [2.24, 2.45) is 0 Å². The summed E-state index contributed by atoms with van der Waals surface area (Å²) in [6, 6.07) is 0.860. The molecule has 1 unspecified atom stereocenters. The predicted octanol–water partition coefficient (Wildman–Crippen LogP) is 1.26. The van der Waals surface area contributed by atoms with Crippen LogP contribution in [0, 0.1) is 0 Å². The molecule has 5 nitrogen and oxygen atoms in total. The second-order valence-corrected chi connectivity index (χ2v) is 8.58. The van der Waals surface area contributed by atoms with Gasteiger partial charge in [-0.3, -0.25) is 0 Å². The van der Waals surface area contributed by atoms with E-state index in [4.69, 9.17) is 0 Å². The lowest BCUT2D eigenvalue weighted by Crippen LogP contribution is -2.44. The van der Waals surface area contributed by atoms with Gasteiger partial charge >= 0.3 is 0 Å². The molecule has 0 aromatic heterocycles. The Balaban J connectivity index is 1.80. The van der Waals surface area contributed by atoms with Gasteiger partial charge in [-0.1, -0.05) is 6.92 Å². The number of rotatable bonds is 8. The summed E-state index contributed by atoms with van der Waals surface area (Å²) in [5.41, 5.74) is 0. The third kappa shape index (κ3) is 5.51. The van der Waals surface area contributed by atoms with Gasteiger partial charge in [0.2, 0.25) is 10.0 Å². The second kappa shape index (κ2) is 7.90. The quantitative estimate of drug-likeness (QED) is 0.685. The molecule has 6 heteroatoms. The van der Waals surface area contributed by atoms with Crippen molar-refractivity contribution in [1.82, 2.24) is 14.5 Å². The summed E-state index contributed by atoms with van der Waals surface area (Å²) < 4.78 is 27.0. The average molecular weight is 317 g/mol. The standard InChI is InChI=1S/C15H31N3O2S/c1-3-15-13-17(2)10-6-11-18(15)21(19,20)12-5-4-9-16-14-7-8-14/h14-16H,3-13H2,1-2H3. The number of hydrogen-bond acceptors (Lipinski definition) is 4. The summed E-state index contributed by atoms with van der Waals surface area (Å²) in [5, 5.41) is 3.44. The molecular weight excluding hydrogens is 286 g/mol. The molecule has 2 aliphatic rings. The molecule has 0 bridgehead atoms. The largest absolute Gasteiger partial charge is 0.314 e. The molecule has 1 aliphatic carbocycles. The van der Waals surface area contributed by atoms with E-state index in [1.54, 1.807) is 4.31 Å². The molecule has 21 heavy (non-hydrogen) atoms. The summed E-state index contributed by atoms with van der Waals surface area (Å²) in [5.74, 6) is 0.305. The second-order valence-electron chi connectivity index (χ2n) is 6.54. The topological polar surface area (TPSA) is 52.7 Å². The van der Waals surface area contributed by atoms with E-state index in [0.717, 1.165) is 45.3 Å². The summed E-state index contributed by atoms with van der Waals surface area (Å²) in [4.78, 5) is 2.25. The zero-order valence-corrected chi connectivity index (χ0v) is 14.4. The van der Waals surface area contributed by atoms with Crippen LogP contribution in [0.1, 0.15) is 45.4 Å². The van der Waals surface area contributed by atoms with Gasteiger partial charge in [-0.05, 0) is 58.7 Å². The van der Waals surface area contributed by atoms with Gasteiger partial charge in [0.25, 0.3) is 0 Å². The van der Waals surface area contributed by atoms with E-state index in [9.17, 15) is 8.42 Å². The first-order valence-electron chi connectivity index (χ1n) is 8.44. The first-order chi connectivity index (χ1) is 10.0. The van der Waals surface area contributed by atoms with Gasteiger partial charge in [0.1, 0.15) is 0 Å². The molecule has 0 aromatic rings. The molecule has 1 saturated carbocycles. The molecule has 1 heterocycles. The zero-order valence-electron chi connectivity index (χ0n) is 13.6. The van der Waals surface area contributed by atoms with Crippen LogP contribution < -0.4 is 5.32 Å². The minimum atomic E-state index is -3.10. The Morgan fingerprint density at radius 2 is 1.95 bits per heavy atom. The van der Waals surface area contributed by atoms with Crippen molar-refractivity contribution in [3.05, 3.63) is 0 Å². The summed E-state index contributed by atoms with van der Waals surface area (Å²) in [6.45, 7) is 5.59. The van der Waals surface area contributed by atoms with Crippen molar-refractivity contribution in [3.63, 3.8) is 0 Å². The summed E-state index contributed by atoms with van der Waals surface area (Å²) in [6.07, 6.45) is 6.14. The first kappa shape index (κ1) is 17.2. The van der Waals surface area contributed by atoms with Crippen LogP contribution in [0.5, 0.6) is 0 Å². The number of likely N-dealkylation sites (N-methyl/N-ethyl adjacent to an activating group) is 1. The smallest absolute Gasteiger partial charge is 0.214 e. The van der Waals surface area contributed by atoms with Gasteiger partial charge in [0.05, 0.1) is 5.75 Å². The van der Waals surface area contributed by atoms with E-state index in [0.29, 0.717) is 18.3 Å². The SMILES string of the molecule is CCC1CN(C)CCCN1S(=O)(=O)CCCCNC1CC1. The van der Waals surface area contributed by atoms with Gasteiger partial charge in [0, 0.05) is 25.2 Å². The van der Waals surface area contributed by atoms with Crippen LogP contribution in [-0.2, 0) is 10.0 Å². The summed E-state index contributed by atoms with van der Waals surface area (Å²) in [7, 11) is -1.01. The molecule has 2 rings (SSSR count). The van der Waals surface area contributed by atoms with Crippen LogP contribution in [-0.4, -0.2) is 68.7 Å². The van der Waals surface area contributed by atoms with E-state index in [-0.39, 0.29) is 6.04 Å². The number of nitrogens with one attached hydrogen (secondary N) is 1. The van der Waals surface area contributed by atoms with Crippen LogP contribution in [0.3, 0.4) is 0 Å². The lowest BCUT2D eigenvalue weighted by atomic mass is 10.2. The van der Waals surface area contributed by atoms with Gasteiger partial charge < -0.3 is 10.2 Å². The maximum atomic E-state index is 12.6. The van der Waals surface area contributed by atoms with E-state index in [1.165, 1.54) is 12.8 Å². The molecule has 0 radical (unpaired) electrons. The first-order valence-corrected chi connectivity index (χ1v) is 10.1. The molecular formula is C15H31N3O2S. The van der Waals surface area contributed by atoms with Crippen molar-refractivity contribution in [2.75, 3.05) is 39.0 Å². The number of nitrogens with zero attached hydrogens (tertiary/aromatic N) is 2. The third-order valence-corrected chi connectivity index (χ3v) is 6.52. The Hall–Kier alpha value is -0.170. The van der Waals surface area contributed by atoms with Gasteiger partial charge in [-0.2, -0.15) is 4.31 Å². The lowest BCUT2D eigenvalue weighted by Gasteiger charge is -2.29. The number of unbranched alkanes of at least 4 members (excludes halogenated alkanes) is 1. The van der Waals surface area contributed by atoms with Gasteiger partial charge in [-0.25, -0.2) is 8.42 Å². The third-order valence-electron chi connectivity index (χ3n) is 4.52. The summed E-state index contributed by atoms with van der Waals surface area (Å²) >= 11 is 0. The fourth-order valence-electron chi connectivity index (χ4n) is 3.04. The maximum absolute atomic E-state index is 12.6. The Morgan fingerprint density at radius 1 is 1.19 bits per heavy atom. The van der Waals surface area contributed by atoms with Crippen molar-refractivity contribution in [1.29, 1.82) is 0 Å². The molecule has 1 atom stereocenters. The molecule has 124 valence electrons. The van der Waals surface area contributed by atoms with E-state index in [1.807, 2.05) is 0 Å². The van der Waals surface area contributed by atoms with Crippen LogP contribution >= 0.6 is 0 Å². The Labute approximate surface area is 130 Å². The van der Waals surface area contributed by atoms with Crippen LogP contribution in [0.15, 0.2) is 0 Å². The normalized spacial score (nSPS) is 25.9. The fraction of sp³-hybridized carbons (Fsp3) is 1.00. The van der Waals surface area contributed by atoms with E-state index in [2.05, 4.69) is 24.2 Å². The molecule has 1 saturated heterocycles. The Bertz CT molecular complexity index is 409. The molecule has 1 aliphatic heterocycles. The fourth-order valence-corrected chi connectivity index (χ4v) is 4.92. The lowest BCUT2D eigenvalue weighted by molar-refractivity contribution is 0.270. The van der Waals surface area contributed by atoms with Gasteiger partial charge in [-0.15, -0.1) is 0 Å². The highest BCUT2D eigenvalue weighted by Gasteiger charge is 2.31. The molecule has 0 aromatic carbocycles. The van der Waals surface area contributed by atoms with Crippen LogP contribution in [0.25, 0.3) is 0 Å². The van der Waals surface area contributed by atoms with Crippen molar-refractivity contribution < 1.29 is 8.42 Å². The minimum absolute atomic E-state index is 0.145. The predicted molar refractivity (Wildman–Crippen MR) is 86.9 cm³/mol. The number of sulfonamides is 1. The van der Waals surface area contributed by atoms with Crippen LogP contribution in [0.4, 0.5) is 0 Å². The van der Waals surface area contributed by atoms with Crippen molar-refractivity contribution >= 4 is 10.0 Å². The van der Waals surface area contributed by atoms with Gasteiger partial charge in [0.15, 0.2) is 0 Å². The van der Waals surface area contributed by atoms with E-state index < -0.39 is 10.0 Å². The Kier molecular flexibility index (Phi) is 6.47. The average Bonchev–Trinajstić information content (AvgIpc) is 3.25. The van der Waals surface area contributed by atoms with Crippen molar-refractivity contribution in [2.45, 2.75) is 57.5 Å². The highest BCUT2D eigenvalue weighted by Crippen LogP contribution is 2.19. The van der Waals surface area contributed by atoms with E-state index >= 15 is 0 Å². The van der Waals surface area contributed by atoms with Crippen LogP contribution in [0.2, 0.25) is 0 Å². The highest BCUT2D eigenvalue weighted by atomic mass is 32.2. The molecule has 0 spiro atoms. The minimum Gasteiger partial charge on any atom is -0.314 e. The maximum Gasteiger partial charge on any atom is 0.214 e. The molecule has 0 amide bonds. The zero-order chi connectivity index (χ0) is 15.3. The monoisotopic (exact) mass is 317 g/mol.